The molecule has 7 nitrogen and oxygen atoms in total. The van der Waals surface area contributed by atoms with Crippen LogP contribution in [0, 0.1) is 12.8 Å². The number of nitrogens with two attached hydrogens (primary N) is 1. The molecule has 3 rings (SSSR count). The van der Waals surface area contributed by atoms with Gasteiger partial charge in [0.05, 0.1) is 0 Å². The number of aryl methyl sites for hydroxylation is 1. The van der Waals surface area contributed by atoms with E-state index in [2.05, 4.69) is 57.6 Å². The first-order chi connectivity index (χ1) is 14.5. The van der Waals surface area contributed by atoms with E-state index in [0.29, 0.717) is 6.54 Å². The number of carbonyl (C=O) groups excluding carboxylic acids is 1. The molecule has 0 spiro atoms. The molecule has 0 aliphatic carbocycles. The number of thiophene rings is 1. The molecular weight excluding hydrogens is 396 g/mol. The molecule has 0 bridgehead atoms. The molecule has 1 unspecified atom stereocenters. The minimum absolute atomic E-state index is 0.0248. The summed E-state index contributed by atoms with van der Waals surface area (Å²) in [7, 11) is 1.79. The molecule has 1 fully saturated rings. The van der Waals surface area contributed by atoms with Crippen molar-refractivity contribution in [1.29, 1.82) is 0 Å². The molecule has 1 aliphatic heterocycles. The third-order valence-electron chi connectivity index (χ3n) is 5.42. The lowest BCUT2D eigenvalue weighted by atomic mass is 9.96. The Morgan fingerprint density at radius 2 is 2.13 bits per heavy atom. The average Bonchev–Trinajstić information content (AvgIpc) is 3.15. The van der Waals surface area contributed by atoms with Gasteiger partial charge in [0.2, 0.25) is 5.91 Å². The zero-order valence-corrected chi connectivity index (χ0v) is 18.8. The summed E-state index contributed by atoms with van der Waals surface area (Å²) in [5.41, 5.74) is 6.57. The summed E-state index contributed by atoms with van der Waals surface area (Å²) in [4.78, 5) is 25.4. The molecule has 4 N–H and O–H groups in total. The van der Waals surface area contributed by atoms with Crippen molar-refractivity contribution in [3.63, 3.8) is 0 Å². The number of piperidine rings is 1. The van der Waals surface area contributed by atoms with Crippen LogP contribution in [-0.4, -0.2) is 43.0 Å². The van der Waals surface area contributed by atoms with E-state index in [1.165, 1.54) is 9.75 Å². The maximum absolute atomic E-state index is 11.4. The minimum atomic E-state index is -0.195. The zero-order valence-electron chi connectivity index (χ0n) is 18.0. The van der Waals surface area contributed by atoms with Crippen LogP contribution in [0.5, 0.6) is 0 Å². The third kappa shape index (κ3) is 5.95. The number of pyridine rings is 1. The van der Waals surface area contributed by atoms with Crippen LogP contribution in [0.25, 0.3) is 0 Å². The Morgan fingerprint density at radius 1 is 1.37 bits per heavy atom. The summed E-state index contributed by atoms with van der Waals surface area (Å²) >= 11 is 1.84. The monoisotopic (exact) mass is 428 g/mol. The lowest BCUT2D eigenvalue weighted by molar-refractivity contribution is -0.122. The Labute approximate surface area is 182 Å². The highest BCUT2D eigenvalue weighted by atomic mass is 32.1. The second-order valence-electron chi connectivity index (χ2n) is 7.84. The van der Waals surface area contributed by atoms with Crippen LogP contribution in [0.15, 0.2) is 35.5 Å². The molecule has 30 heavy (non-hydrogen) atoms. The lowest BCUT2D eigenvalue weighted by Gasteiger charge is -2.32. The number of rotatable bonds is 7. The number of nitrogens with zero attached hydrogens (tertiary/aromatic N) is 3. The van der Waals surface area contributed by atoms with Crippen LogP contribution in [0.4, 0.5) is 5.82 Å². The van der Waals surface area contributed by atoms with Crippen molar-refractivity contribution in [2.45, 2.75) is 45.7 Å². The van der Waals surface area contributed by atoms with Crippen LogP contribution in [0.3, 0.4) is 0 Å². The Bertz CT molecular complexity index is 872. The fraction of sp³-hybridized carbons (Fsp3) is 0.500. The van der Waals surface area contributed by atoms with E-state index in [1.807, 2.05) is 23.6 Å². The molecule has 2 aromatic heterocycles. The molecule has 1 amide bonds. The largest absolute Gasteiger partial charge is 0.369 e. The highest BCUT2D eigenvalue weighted by Crippen LogP contribution is 2.24. The van der Waals surface area contributed by atoms with Gasteiger partial charge in [-0.05, 0) is 44.9 Å². The number of aliphatic imine (C=N–C) groups is 1. The number of nitrogens with one attached hydrogen (secondary N) is 2. The van der Waals surface area contributed by atoms with Gasteiger partial charge in [-0.2, -0.15) is 0 Å². The fourth-order valence-electron chi connectivity index (χ4n) is 3.78. The van der Waals surface area contributed by atoms with Crippen LogP contribution >= 0.6 is 11.3 Å². The van der Waals surface area contributed by atoms with E-state index >= 15 is 0 Å². The smallest absolute Gasteiger partial charge is 0.220 e. The van der Waals surface area contributed by atoms with E-state index in [0.717, 1.165) is 49.7 Å². The predicted octanol–water partition coefficient (Wildman–Crippen LogP) is 2.45. The minimum Gasteiger partial charge on any atom is -0.369 e. The molecule has 0 saturated carbocycles. The molecule has 2 aromatic rings. The van der Waals surface area contributed by atoms with Gasteiger partial charge in [0, 0.05) is 66.6 Å². The first kappa shape index (κ1) is 22.1. The number of anilines is 1. The molecule has 1 atom stereocenters. The standard InChI is InChI=1S/C22H32N6OS/c1-15(13-19-7-6-16(2)30-19)27-22(24-3)26-14-18-5-4-10-25-21(18)28-11-8-17(9-12-28)20(23)29/h4-7,10,15,17H,8-9,11-14H2,1-3H3,(H2,23,29)(H2,24,26,27). The second kappa shape index (κ2) is 10.4. The summed E-state index contributed by atoms with van der Waals surface area (Å²) in [6.45, 7) is 6.52. The first-order valence-corrected chi connectivity index (χ1v) is 11.3. The maximum Gasteiger partial charge on any atom is 0.220 e. The molecular formula is C22H32N6OS. The van der Waals surface area contributed by atoms with Crippen molar-refractivity contribution < 1.29 is 4.79 Å². The summed E-state index contributed by atoms with van der Waals surface area (Å²) in [5.74, 6) is 1.52. The van der Waals surface area contributed by atoms with Gasteiger partial charge in [-0.25, -0.2) is 4.98 Å². The van der Waals surface area contributed by atoms with E-state index in [4.69, 9.17) is 5.73 Å². The average molecular weight is 429 g/mol. The Kier molecular flexibility index (Phi) is 7.68. The van der Waals surface area contributed by atoms with Crippen molar-refractivity contribution in [2.24, 2.45) is 16.6 Å². The van der Waals surface area contributed by atoms with Gasteiger partial charge in [-0.1, -0.05) is 6.07 Å². The summed E-state index contributed by atoms with van der Waals surface area (Å²) in [6, 6.07) is 8.67. The molecule has 3 heterocycles. The molecule has 1 saturated heterocycles. The van der Waals surface area contributed by atoms with Gasteiger partial charge < -0.3 is 21.3 Å². The van der Waals surface area contributed by atoms with E-state index in [9.17, 15) is 4.79 Å². The quantitative estimate of drug-likeness (QED) is 0.465. The highest BCUT2D eigenvalue weighted by Gasteiger charge is 2.25. The van der Waals surface area contributed by atoms with Gasteiger partial charge in [0.1, 0.15) is 5.82 Å². The number of amides is 1. The van der Waals surface area contributed by atoms with Gasteiger partial charge in [0.15, 0.2) is 5.96 Å². The van der Waals surface area contributed by atoms with Crippen molar-refractivity contribution in [3.8, 4) is 0 Å². The van der Waals surface area contributed by atoms with Crippen LogP contribution in [-0.2, 0) is 17.8 Å². The van der Waals surface area contributed by atoms with Gasteiger partial charge in [-0.15, -0.1) is 11.3 Å². The van der Waals surface area contributed by atoms with E-state index < -0.39 is 0 Å². The van der Waals surface area contributed by atoms with E-state index in [-0.39, 0.29) is 17.9 Å². The van der Waals surface area contributed by atoms with Crippen LogP contribution in [0.1, 0.15) is 35.1 Å². The summed E-state index contributed by atoms with van der Waals surface area (Å²) in [5, 5.41) is 6.89. The number of hydrogen-bond acceptors (Lipinski definition) is 5. The number of carbonyl (C=O) groups is 1. The van der Waals surface area contributed by atoms with Crippen molar-refractivity contribution in [2.75, 3.05) is 25.0 Å². The highest BCUT2D eigenvalue weighted by molar-refractivity contribution is 7.11. The lowest BCUT2D eigenvalue weighted by Crippen LogP contribution is -2.43. The van der Waals surface area contributed by atoms with Crippen molar-refractivity contribution in [3.05, 3.63) is 45.8 Å². The number of hydrogen-bond donors (Lipinski definition) is 3. The third-order valence-corrected chi connectivity index (χ3v) is 6.44. The molecule has 8 heteroatoms. The molecule has 1 aliphatic rings. The SMILES string of the molecule is CN=C(NCc1cccnc1N1CCC(C(N)=O)CC1)NC(C)Cc1ccc(C)s1. The molecule has 0 aromatic carbocycles. The summed E-state index contributed by atoms with van der Waals surface area (Å²) in [6.07, 6.45) is 4.34. The summed E-state index contributed by atoms with van der Waals surface area (Å²) < 4.78 is 0. The number of guanidine groups is 1. The fourth-order valence-corrected chi connectivity index (χ4v) is 4.80. The van der Waals surface area contributed by atoms with Crippen LogP contribution in [0.2, 0.25) is 0 Å². The van der Waals surface area contributed by atoms with Crippen LogP contribution < -0.4 is 21.3 Å². The predicted molar refractivity (Wildman–Crippen MR) is 124 cm³/mol. The Balaban J connectivity index is 1.56. The van der Waals surface area contributed by atoms with Crippen molar-refractivity contribution >= 4 is 29.0 Å². The van der Waals surface area contributed by atoms with E-state index in [1.54, 1.807) is 7.05 Å². The maximum atomic E-state index is 11.4. The van der Waals surface area contributed by atoms with Gasteiger partial charge >= 0.3 is 0 Å². The number of aromatic nitrogens is 1. The Hall–Kier alpha value is -2.61. The second-order valence-corrected chi connectivity index (χ2v) is 9.21. The van der Waals surface area contributed by atoms with Gasteiger partial charge in [-0.3, -0.25) is 9.79 Å². The van der Waals surface area contributed by atoms with Crippen molar-refractivity contribution in [1.82, 2.24) is 15.6 Å². The Morgan fingerprint density at radius 3 is 2.77 bits per heavy atom. The normalized spacial score (nSPS) is 16.4. The first-order valence-electron chi connectivity index (χ1n) is 10.5. The topological polar surface area (TPSA) is 95.6 Å². The van der Waals surface area contributed by atoms with Gasteiger partial charge in [0.25, 0.3) is 0 Å². The number of primary amides is 1. The zero-order chi connectivity index (χ0) is 21.5. The molecule has 0 radical (unpaired) electrons. The molecule has 162 valence electrons.